The molecule has 6 heteroatoms. The fraction of sp³-hybridized carbons (Fsp3) is 0.174. The van der Waals surface area contributed by atoms with Crippen molar-refractivity contribution in [3.8, 4) is 34.1 Å². The number of rotatable bonds is 8. The summed E-state index contributed by atoms with van der Waals surface area (Å²) in [7, 11) is 1.69. The first kappa shape index (κ1) is 34.3. The van der Waals surface area contributed by atoms with Crippen LogP contribution in [0, 0.1) is 13.8 Å². The molecule has 0 N–H and O–H groups in total. The topological polar surface area (TPSA) is 71.1 Å². The van der Waals surface area contributed by atoms with E-state index in [4.69, 9.17) is 18.9 Å². The molecule has 0 unspecified atom stereocenters. The van der Waals surface area contributed by atoms with Crippen LogP contribution < -0.4 is 18.9 Å². The highest BCUT2D eigenvalue weighted by atomic mass is 16.7. The molecule has 260 valence electrons. The summed E-state index contributed by atoms with van der Waals surface area (Å²) in [6.07, 6.45) is -0.819. The van der Waals surface area contributed by atoms with Crippen LogP contribution >= 0.6 is 0 Å². The van der Waals surface area contributed by atoms with Crippen molar-refractivity contribution in [1.82, 2.24) is 0 Å². The molecule has 0 radical (unpaired) electrons. The third kappa shape index (κ3) is 6.00. The number of hydrogen-bond donors (Lipinski definition) is 0. The lowest BCUT2D eigenvalue weighted by Crippen LogP contribution is -2.29. The van der Waals surface area contributed by atoms with Crippen LogP contribution in [0.1, 0.15) is 65.3 Å². The average molecular weight is 689 g/mol. The van der Waals surface area contributed by atoms with Crippen molar-refractivity contribution >= 4 is 12.1 Å². The van der Waals surface area contributed by atoms with Gasteiger partial charge in [0.25, 0.3) is 0 Å². The molecule has 0 saturated carbocycles. The van der Waals surface area contributed by atoms with Crippen molar-refractivity contribution in [3.63, 3.8) is 0 Å². The summed E-state index contributed by atoms with van der Waals surface area (Å²) in [4.78, 5) is 24.4. The first-order valence-corrected chi connectivity index (χ1v) is 17.3. The van der Waals surface area contributed by atoms with E-state index in [1.807, 2.05) is 49.4 Å². The molecule has 0 aromatic heterocycles. The zero-order valence-corrected chi connectivity index (χ0v) is 30.2. The van der Waals surface area contributed by atoms with Gasteiger partial charge < -0.3 is 18.9 Å². The number of fused-ring (bicyclic) bond motifs is 3. The predicted molar refractivity (Wildman–Crippen MR) is 203 cm³/mol. The third-order valence-corrected chi connectivity index (χ3v) is 10.2. The zero-order valence-electron chi connectivity index (χ0n) is 30.2. The van der Waals surface area contributed by atoms with Crippen LogP contribution in [-0.4, -0.2) is 19.2 Å². The third-order valence-electron chi connectivity index (χ3n) is 10.2. The van der Waals surface area contributed by atoms with Crippen LogP contribution in [0.4, 0.5) is 4.79 Å². The van der Waals surface area contributed by atoms with Gasteiger partial charge >= 0.3 is 12.1 Å². The molecule has 0 heterocycles. The molecule has 0 amide bonds. The fourth-order valence-corrected chi connectivity index (χ4v) is 7.55. The summed E-state index contributed by atoms with van der Waals surface area (Å²) in [5.41, 5.74) is 9.93. The second-order valence-corrected chi connectivity index (χ2v) is 13.7. The second-order valence-electron chi connectivity index (χ2n) is 13.7. The molecule has 0 fully saturated rings. The summed E-state index contributed by atoms with van der Waals surface area (Å²) in [5, 5.41) is 0. The lowest BCUT2D eigenvalue weighted by atomic mass is 9.67. The van der Waals surface area contributed by atoms with Crippen molar-refractivity contribution in [3.05, 3.63) is 178 Å². The SMILES string of the molecule is COc1ccc(C2(c3ccc(OC(=O)Oc4ccc(C(C)(C)c5ccc(OC(C)=O)cc5)cc4)c(C)c3)c3ccccc3-c3ccccc32)cc1C. The number of esters is 1. The van der Waals surface area contributed by atoms with Crippen LogP contribution in [0.3, 0.4) is 0 Å². The number of carbonyl (C=O) groups is 2. The number of carbonyl (C=O) groups excluding carboxylic acids is 2. The number of hydrogen-bond acceptors (Lipinski definition) is 6. The van der Waals surface area contributed by atoms with Gasteiger partial charge in [-0.2, -0.15) is 0 Å². The van der Waals surface area contributed by atoms with Crippen molar-refractivity contribution in [1.29, 1.82) is 0 Å². The molecule has 0 spiro atoms. The van der Waals surface area contributed by atoms with E-state index in [9.17, 15) is 9.59 Å². The van der Waals surface area contributed by atoms with Gasteiger partial charge in [0.2, 0.25) is 0 Å². The Morgan fingerprint density at radius 2 is 1.02 bits per heavy atom. The molecular weight excluding hydrogens is 649 g/mol. The zero-order chi connectivity index (χ0) is 36.6. The standard InChI is InChI=1S/C46H40O6/c1-29-27-34(19-25-42(29)49-6)46(40-13-9-7-11-38(40)39-12-8-10-14-41(39)46)35-20-26-43(30(2)28-35)52-44(48)51-37-23-17-33(18-24-37)45(4,5)32-15-21-36(22-16-32)50-31(3)47/h7-28H,1-6H3. The van der Waals surface area contributed by atoms with Crippen molar-refractivity contribution in [2.75, 3.05) is 7.11 Å². The maximum atomic E-state index is 13.1. The van der Waals surface area contributed by atoms with Crippen molar-refractivity contribution < 1.29 is 28.5 Å². The van der Waals surface area contributed by atoms with E-state index in [1.165, 1.54) is 29.2 Å². The van der Waals surface area contributed by atoms with E-state index in [-0.39, 0.29) is 11.4 Å². The average Bonchev–Trinajstić information content (AvgIpc) is 3.44. The van der Waals surface area contributed by atoms with E-state index in [0.717, 1.165) is 39.1 Å². The normalized spacial score (nSPS) is 12.7. The van der Waals surface area contributed by atoms with Gasteiger partial charge in [-0.1, -0.05) is 111 Å². The van der Waals surface area contributed by atoms with Crippen LogP contribution in [0.25, 0.3) is 11.1 Å². The molecule has 1 aliphatic carbocycles. The minimum Gasteiger partial charge on any atom is -0.496 e. The van der Waals surface area contributed by atoms with Gasteiger partial charge in [0, 0.05) is 12.3 Å². The number of aryl methyl sites for hydroxylation is 2. The van der Waals surface area contributed by atoms with Gasteiger partial charge in [0.15, 0.2) is 0 Å². The number of benzene rings is 6. The first-order valence-electron chi connectivity index (χ1n) is 17.3. The quantitative estimate of drug-likeness (QED) is 0.0899. The maximum Gasteiger partial charge on any atom is 0.519 e. The van der Waals surface area contributed by atoms with Gasteiger partial charge in [-0.15, -0.1) is 0 Å². The summed E-state index contributed by atoms with van der Waals surface area (Å²) in [6, 6.07) is 44.4. The van der Waals surface area contributed by atoms with Crippen molar-refractivity contribution in [2.45, 2.75) is 45.4 Å². The van der Waals surface area contributed by atoms with Gasteiger partial charge in [-0.3, -0.25) is 4.79 Å². The highest BCUT2D eigenvalue weighted by molar-refractivity contribution is 5.86. The highest BCUT2D eigenvalue weighted by Crippen LogP contribution is 2.56. The second kappa shape index (κ2) is 13.5. The Kier molecular flexibility index (Phi) is 8.93. The molecule has 7 rings (SSSR count). The minimum atomic E-state index is -0.819. The van der Waals surface area contributed by atoms with Gasteiger partial charge in [0.05, 0.1) is 12.5 Å². The van der Waals surface area contributed by atoms with E-state index in [1.54, 1.807) is 31.4 Å². The molecule has 6 nitrogen and oxygen atoms in total. The lowest BCUT2D eigenvalue weighted by molar-refractivity contribution is -0.131. The summed E-state index contributed by atoms with van der Waals surface area (Å²) in [5.74, 6) is 1.77. The summed E-state index contributed by atoms with van der Waals surface area (Å²) in [6.45, 7) is 9.60. The van der Waals surface area contributed by atoms with Crippen LogP contribution in [-0.2, 0) is 15.6 Å². The molecule has 0 aliphatic heterocycles. The van der Waals surface area contributed by atoms with Gasteiger partial charge in [0.1, 0.15) is 23.0 Å². The molecule has 0 atom stereocenters. The molecule has 6 aromatic carbocycles. The molecule has 0 saturated heterocycles. The smallest absolute Gasteiger partial charge is 0.496 e. The van der Waals surface area contributed by atoms with Crippen LogP contribution in [0.2, 0.25) is 0 Å². The monoisotopic (exact) mass is 688 g/mol. The first-order chi connectivity index (χ1) is 25.0. The van der Waals surface area contributed by atoms with E-state index in [2.05, 4.69) is 87.5 Å². The van der Waals surface area contributed by atoms with Gasteiger partial charge in [-0.05, 0) is 106 Å². The Morgan fingerprint density at radius 1 is 0.558 bits per heavy atom. The number of methoxy groups -OCH3 is 1. The molecule has 52 heavy (non-hydrogen) atoms. The van der Waals surface area contributed by atoms with E-state index < -0.39 is 11.6 Å². The largest absolute Gasteiger partial charge is 0.519 e. The van der Waals surface area contributed by atoms with Crippen LogP contribution in [0.5, 0.6) is 23.0 Å². The minimum absolute atomic E-state index is 0.352. The Morgan fingerprint density at radius 3 is 1.48 bits per heavy atom. The fourth-order valence-electron chi connectivity index (χ4n) is 7.55. The predicted octanol–water partition coefficient (Wildman–Crippen LogP) is 10.5. The molecule has 0 bridgehead atoms. The molecule has 6 aromatic rings. The highest BCUT2D eigenvalue weighted by Gasteiger charge is 2.46. The summed E-state index contributed by atoms with van der Waals surface area (Å²) < 4.78 is 22.2. The van der Waals surface area contributed by atoms with Crippen molar-refractivity contribution in [2.24, 2.45) is 0 Å². The van der Waals surface area contributed by atoms with E-state index >= 15 is 0 Å². The van der Waals surface area contributed by atoms with Crippen LogP contribution in [0.15, 0.2) is 133 Å². The Hall–Kier alpha value is -6.14. The lowest BCUT2D eigenvalue weighted by Gasteiger charge is -2.34. The number of ether oxygens (including phenoxy) is 4. The Labute approximate surface area is 304 Å². The van der Waals surface area contributed by atoms with E-state index in [0.29, 0.717) is 17.2 Å². The Balaban J connectivity index is 1.15. The molecule has 1 aliphatic rings. The Bertz CT molecular complexity index is 2250. The maximum absolute atomic E-state index is 13.1. The molecular formula is C46H40O6. The van der Waals surface area contributed by atoms with Gasteiger partial charge in [-0.25, -0.2) is 4.79 Å². The summed E-state index contributed by atoms with van der Waals surface area (Å²) >= 11 is 0.